The fraction of sp³-hybridized carbons (Fsp3) is 0.714. The minimum atomic E-state index is -0.874. The van der Waals surface area contributed by atoms with E-state index in [0.717, 1.165) is 38.0 Å². The van der Waals surface area contributed by atoms with Crippen LogP contribution < -0.4 is 4.90 Å². The number of piperidine rings is 1. The molecule has 1 aromatic heterocycles. The molecule has 1 atom stereocenters. The van der Waals surface area contributed by atoms with Gasteiger partial charge in [-0.15, -0.1) is 0 Å². The first-order valence-electron chi connectivity index (χ1n) is 7.09. The molecule has 0 spiro atoms. The minimum absolute atomic E-state index is 0.366. The maximum atomic E-state index is 11.5. The Kier molecular flexibility index (Phi) is 4.12. The molecule has 1 fully saturated rings. The van der Waals surface area contributed by atoms with Gasteiger partial charge >= 0.3 is 5.97 Å². The lowest BCUT2D eigenvalue weighted by Gasteiger charge is -2.37. The van der Waals surface area contributed by atoms with Crippen LogP contribution in [-0.2, 0) is 7.05 Å². The van der Waals surface area contributed by atoms with Gasteiger partial charge in [0.05, 0.1) is 5.69 Å². The van der Waals surface area contributed by atoms with Crippen molar-refractivity contribution < 1.29 is 9.90 Å². The summed E-state index contributed by atoms with van der Waals surface area (Å²) in [6.45, 7) is 4.88. The zero-order chi connectivity index (χ0) is 14.0. The Morgan fingerprint density at radius 1 is 1.47 bits per heavy atom. The molecule has 0 saturated carbocycles. The highest BCUT2D eigenvalue weighted by atomic mass is 16.4. The number of carboxylic acid groups (broad SMARTS) is 1. The van der Waals surface area contributed by atoms with Crippen molar-refractivity contribution >= 4 is 11.8 Å². The van der Waals surface area contributed by atoms with Gasteiger partial charge in [0, 0.05) is 19.6 Å². The zero-order valence-electron chi connectivity index (χ0n) is 12.0. The van der Waals surface area contributed by atoms with Crippen molar-refractivity contribution in [2.75, 3.05) is 11.4 Å². The van der Waals surface area contributed by atoms with Gasteiger partial charge in [0.2, 0.25) is 0 Å². The smallest absolute Gasteiger partial charge is 0.341 e. The van der Waals surface area contributed by atoms with Gasteiger partial charge in [-0.1, -0.05) is 13.3 Å². The molecule has 1 aliphatic heterocycles. The van der Waals surface area contributed by atoms with E-state index in [-0.39, 0.29) is 0 Å². The lowest BCUT2D eigenvalue weighted by molar-refractivity contribution is 0.0696. The molecule has 19 heavy (non-hydrogen) atoms. The van der Waals surface area contributed by atoms with Crippen molar-refractivity contribution in [3.8, 4) is 0 Å². The van der Waals surface area contributed by atoms with E-state index < -0.39 is 5.97 Å². The average Bonchev–Trinajstić information content (AvgIpc) is 2.65. The van der Waals surface area contributed by atoms with Gasteiger partial charge in [-0.25, -0.2) is 4.79 Å². The maximum Gasteiger partial charge on any atom is 0.341 e. The summed E-state index contributed by atoms with van der Waals surface area (Å²) >= 11 is 0. The maximum absolute atomic E-state index is 11.5. The Labute approximate surface area is 114 Å². The van der Waals surface area contributed by atoms with Crippen LogP contribution in [0.5, 0.6) is 0 Å². The molecule has 0 aliphatic carbocycles. The van der Waals surface area contributed by atoms with Crippen LogP contribution in [0.4, 0.5) is 5.82 Å². The Balaban J connectivity index is 2.41. The predicted octanol–water partition coefficient (Wildman–Crippen LogP) is 2.59. The van der Waals surface area contributed by atoms with Gasteiger partial charge in [0.25, 0.3) is 0 Å². The molecule has 2 rings (SSSR count). The monoisotopic (exact) mass is 265 g/mol. The molecule has 0 aromatic carbocycles. The lowest BCUT2D eigenvalue weighted by atomic mass is 9.97. The number of nitrogens with zero attached hydrogens (tertiary/aromatic N) is 3. The van der Waals surface area contributed by atoms with Crippen LogP contribution in [0.1, 0.15) is 55.1 Å². The van der Waals surface area contributed by atoms with E-state index >= 15 is 0 Å². The zero-order valence-corrected chi connectivity index (χ0v) is 12.0. The second kappa shape index (κ2) is 5.63. The van der Waals surface area contributed by atoms with Crippen LogP contribution in [0.2, 0.25) is 0 Å². The van der Waals surface area contributed by atoms with E-state index in [9.17, 15) is 9.90 Å². The summed E-state index contributed by atoms with van der Waals surface area (Å²) in [4.78, 5) is 13.7. The standard InChI is InChI=1S/C14H23N3O2/c1-4-7-11-8-5-6-9-17(11)13-12(14(18)19)10(2)15-16(13)3/h11H,4-9H2,1-3H3,(H,18,19). The van der Waals surface area contributed by atoms with Gasteiger partial charge in [-0.05, 0) is 32.6 Å². The van der Waals surface area contributed by atoms with E-state index in [1.165, 1.54) is 6.42 Å². The first-order chi connectivity index (χ1) is 9.06. The van der Waals surface area contributed by atoms with Gasteiger partial charge in [0.1, 0.15) is 11.4 Å². The Morgan fingerprint density at radius 3 is 2.84 bits per heavy atom. The Morgan fingerprint density at radius 2 is 2.21 bits per heavy atom. The molecule has 2 heterocycles. The number of aromatic carboxylic acids is 1. The van der Waals surface area contributed by atoms with Crippen molar-refractivity contribution in [1.82, 2.24) is 9.78 Å². The third-order valence-electron chi connectivity index (χ3n) is 3.93. The van der Waals surface area contributed by atoms with Crippen molar-refractivity contribution in [1.29, 1.82) is 0 Å². The third kappa shape index (κ3) is 2.60. The molecule has 0 bridgehead atoms. The molecule has 5 heteroatoms. The second-order valence-corrected chi connectivity index (χ2v) is 5.34. The van der Waals surface area contributed by atoms with Crippen LogP contribution in [0.15, 0.2) is 0 Å². The number of carbonyl (C=O) groups is 1. The number of anilines is 1. The highest BCUT2D eigenvalue weighted by Gasteiger charge is 2.30. The van der Waals surface area contributed by atoms with Crippen LogP contribution in [0, 0.1) is 6.92 Å². The van der Waals surface area contributed by atoms with Crippen LogP contribution in [0.25, 0.3) is 0 Å². The number of rotatable bonds is 4. The second-order valence-electron chi connectivity index (χ2n) is 5.34. The van der Waals surface area contributed by atoms with Gasteiger partial charge in [-0.2, -0.15) is 5.10 Å². The molecule has 1 N–H and O–H groups in total. The summed E-state index contributed by atoms with van der Waals surface area (Å²) < 4.78 is 1.73. The highest BCUT2D eigenvalue weighted by molar-refractivity contribution is 5.95. The third-order valence-corrected chi connectivity index (χ3v) is 3.93. The van der Waals surface area contributed by atoms with E-state index in [1.54, 1.807) is 11.6 Å². The predicted molar refractivity (Wildman–Crippen MR) is 74.8 cm³/mol. The number of hydrogen-bond donors (Lipinski definition) is 1. The summed E-state index contributed by atoms with van der Waals surface area (Å²) in [5.41, 5.74) is 0.969. The molecule has 1 aliphatic rings. The molecule has 1 unspecified atom stereocenters. The molecule has 1 aromatic rings. The number of aromatic nitrogens is 2. The molecular weight excluding hydrogens is 242 g/mol. The highest BCUT2D eigenvalue weighted by Crippen LogP contribution is 2.31. The molecular formula is C14H23N3O2. The van der Waals surface area contributed by atoms with E-state index in [2.05, 4.69) is 16.9 Å². The minimum Gasteiger partial charge on any atom is -0.477 e. The van der Waals surface area contributed by atoms with Crippen LogP contribution >= 0.6 is 0 Å². The van der Waals surface area contributed by atoms with E-state index in [1.807, 2.05) is 7.05 Å². The summed E-state index contributed by atoms with van der Waals surface area (Å²) in [6, 6.07) is 0.451. The van der Waals surface area contributed by atoms with Crippen molar-refractivity contribution in [2.24, 2.45) is 7.05 Å². The van der Waals surface area contributed by atoms with Gasteiger partial charge in [0.15, 0.2) is 0 Å². The van der Waals surface area contributed by atoms with Crippen molar-refractivity contribution in [2.45, 2.75) is 52.0 Å². The lowest BCUT2D eigenvalue weighted by Crippen LogP contribution is -2.41. The number of carboxylic acids is 1. The van der Waals surface area contributed by atoms with Crippen LogP contribution in [-0.4, -0.2) is 33.4 Å². The first-order valence-corrected chi connectivity index (χ1v) is 7.09. The normalized spacial score (nSPS) is 19.7. The molecule has 5 nitrogen and oxygen atoms in total. The van der Waals surface area contributed by atoms with Gasteiger partial charge < -0.3 is 10.0 Å². The topological polar surface area (TPSA) is 58.4 Å². The van der Waals surface area contributed by atoms with Crippen molar-refractivity contribution in [3.63, 3.8) is 0 Å². The fourth-order valence-electron chi connectivity index (χ4n) is 3.14. The van der Waals surface area contributed by atoms with Crippen LogP contribution in [0.3, 0.4) is 0 Å². The van der Waals surface area contributed by atoms with Gasteiger partial charge in [-0.3, -0.25) is 4.68 Å². The van der Waals surface area contributed by atoms with E-state index in [4.69, 9.17) is 0 Å². The molecule has 0 radical (unpaired) electrons. The summed E-state index contributed by atoms with van der Waals surface area (Å²) in [5.74, 6) is -0.0930. The SMILES string of the molecule is CCCC1CCCCN1c1c(C(=O)O)c(C)nn1C. The summed E-state index contributed by atoms with van der Waals surface area (Å²) in [6.07, 6.45) is 5.75. The average molecular weight is 265 g/mol. The molecule has 1 saturated heterocycles. The Hall–Kier alpha value is -1.52. The van der Waals surface area contributed by atoms with E-state index in [0.29, 0.717) is 17.3 Å². The first kappa shape index (κ1) is 13.9. The molecule has 106 valence electrons. The largest absolute Gasteiger partial charge is 0.477 e. The molecule has 0 amide bonds. The Bertz CT molecular complexity index is 466. The fourth-order valence-corrected chi connectivity index (χ4v) is 3.14. The number of aryl methyl sites for hydroxylation is 2. The van der Waals surface area contributed by atoms with Crippen molar-refractivity contribution in [3.05, 3.63) is 11.3 Å². The number of hydrogen-bond acceptors (Lipinski definition) is 3. The summed E-state index contributed by atoms with van der Waals surface area (Å²) in [7, 11) is 1.84. The quantitative estimate of drug-likeness (QED) is 0.909. The summed E-state index contributed by atoms with van der Waals surface area (Å²) in [5, 5.41) is 13.7.